The van der Waals surface area contributed by atoms with Crippen LogP contribution in [0.25, 0.3) is 0 Å². The number of pyridine rings is 1. The number of carboxylic acid groups (broad SMARTS) is 1. The first-order valence-corrected chi connectivity index (χ1v) is 4.28. The van der Waals surface area contributed by atoms with E-state index in [2.05, 4.69) is 4.98 Å². The molecule has 0 bridgehead atoms. The second-order valence-electron chi connectivity index (χ2n) is 3.04. The third-order valence-corrected chi connectivity index (χ3v) is 1.96. The van der Waals surface area contributed by atoms with Crippen LogP contribution in [0.2, 0.25) is 0 Å². The van der Waals surface area contributed by atoms with E-state index in [4.69, 9.17) is 16.6 Å². The Morgan fingerprint density at radius 3 is 2.93 bits per heavy atom. The molecule has 0 aliphatic rings. The number of nitrogens with zero attached hydrogens (tertiary/aromatic N) is 1. The second-order valence-corrected chi connectivity index (χ2v) is 3.04. The van der Waals surface area contributed by atoms with E-state index in [-0.39, 0.29) is 12.5 Å². The zero-order chi connectivity index (χ0) is 10.6. The number of nitrogens with two attached hydrogens (primary N) is 2. The summed E-state index contributed by atoms with van der Waals surface area (Å²) in [5.41, 5.74) is 12.7. The van der Waals surface area contributed by atoms with Crippen LogP contribution in [0, 0.1) is 0 Å². The quantitative estimate of drug-likeness (QED) is 0.650. The van der Waals surface area contributed by atoms with E-state index in [0.29, 0.717) is 12.1 Å². The molecular weight excluding hydrogens is 182 g/mol. The SMILES string of the molecule is Nc1cnccc1C(N)CCC(=O)O. The number of anilines is 1. The van der Waals surface area contributed by atoms with Gasteiger partial charge in [0.25, 0.3) is 0 Å². The van der Waals surface area contributed by atoms with Crippen LogP contribution in [0.3, 0.4) is 0 Å². The summed E-state index contributed by atoms with van der Waals surface area (Å²) < 4.78 is 0. The van der Waals surface area contributed by atoms with Gasteiger partial charge < -0.3 is 16.6 Å². The van der Waals surface area contributed by atoms with Crippen molar-refractivity contribution in [3.8, 4) is 0 Å². The summed E-state index contributed by atoms with van der Waals surface area (Å²) >= 11 is 0. The lowest BCUT2D eigenvalue weighted by molar-refractivity contribution is -0.137. The van der Waals surface area contributed by atoms with Gasteiger partial charge in [-0.05, 0) is 18.1 Å². The number of aromatic nitrogens is 1. The maximum absolute atomic E-state index is 10.3. The monoisotopic (exact) mass is 195 g/mol. The lowest BCUT2D eigenvalue weighted by Gasteiger charge is -2.12. The third kappa shape index (κ3) is 2.70. The van der Waals surface area contributed by atoms with Gasteiger partial charge in [-0.2, -0.15) is 0 Å². The maximum Gasteiger partial charge on any atom is 0.303 e. The molecular formula is C9H13N3O2. The summed E-state index contributed by atoms with van der Waals surface area (Å²) in [4.78, 5) is 14.1. The first kappa shape index (κ1) is 10.5. The van der Waals surface area contributed by atoms with Crippen LogP contribution in [-0.4, -0.2) is 16.1 Å². The first-order valence-electron chi connectivity index (χ1n) is 4.28. The molecule has 0 radical (unpaired) electrons. The van der Waals surface area contributed by atoms with E-state index in [1.807, 2.05) is 0 Å². The van der Waals surface area contributed by atoms with Crippen molar-refractivity contribution >= 4 is 11.7 Å². The summed E-state index contributed by atoms with van der Waals surface area (Å²) in [5, 5.41) is 8.48. The minimum atomic E-state index is -0.854. The molecule has 1 heterocycles. The summed E-state index contributed by atoms with van der Waals surface area (Å²) in [6, 6.07) is 1.37. The van der Waals surface area contributed by atoms with Crippen molar-refractivity contribution in [1.29, 1.82) is 0 Å². The van der Waals surface area contributed by atoms with Crippen LogP contribution in [0.15, 0.2) is 18.5 Å². The molecule has 1 atom stereocenters. The normalized spacial score (nSPS) is 12.4. The number of rotatable bonds is 4. The smallest absolute Gasteiger partial charge is 0.303 e. The van der Waals surface area contributed by atoms with Gasteiger partial charge in [0, 0.05) is 18.7 Å². The van der Waals surface area contributed by atoms with E-state index in [0.717, 1.165) is 5.56 Å². The van der Waals surface area contributed by atoms with Crippen molar-refractivity contribution in [1.82, 2.24) is 4.98 Å². The number of hydrogen-bond donors (Lipinski definition) is 3. The van der Waals surface area contributed by atoms with Gasteiger partial charge in [-0.15, -0.1) is 0 Å². The van der Waals surface area contributed by atoms with Crippen LogP contribution in [-0.2, 0) is 4.79 Å². The zero-order valence-electron chi connectivity index (χ0n) is 7.68. The van der Waals surface area contributed by atoms with Crippen molar-refractivity contribution in [3.05, 3.63) is 24.0 Å². The number of nitrogen functional groups attached to an aromatic ring is 1. The zero-order valence-corrected chi connectivity index (χ0v) is 7.68. The molecule has 5 N–H and O–H groups in total. The highest BCUT2D eigenvalue weighted by Crippen LogP contribution is 2.20. The molecule has 0 aromatic carbocycles. The Bertz CT molecular complexity index is 328. The van der Waals surface area contributed by atoms with Crippen molar-refractivity contribution in [2.45, 2.75) is 18.9 Å². The minimum absolute atomic E-state index is 0.0446. The molecule has 5 nitrogen and oxygen atoms in total. The molecule has 5 heteroatoms. The minimum Gasteiger partial charge on any atom is -0.481 e. The van der Waals surface area contributed by atoms with E-state index in [9.17, 15) is 4.79 Å². The molecule has 1 unspecified atom stereocenters. The van der Waals surface area contributed by atoms with Crippen molar-refractivity contribution in [2.75, 3.05) is 5.73 Å². The molecule has 0 spiro atoms. The largest absolute Gasteiger partial charge is 0.481 e. The standard InChI is InChI=1S/C9H13N3O2/c10-7(1-2-9(13)14)6-3-4-12-5-8(6)11/h3-5,7H,1-2,10-11H2,(H,13,14). The molecule has 0 amide bonds. The van der Waals surface area contributed by atoms with E-state index in [1.165, 1.54) is 6.20 Å². The number of carbonyl (C=O) groups is 1. The fraction of sp³-hybridized carbons (Fsp3) is 0.333. The van der Waals surface area contributed by atoms with Crippen molar-refractivity contribution < 1.29 is 9.90 Å². The Kier molecular flexibility index (Phi) is 3.41. The van der Waals surface area contributed by atoms with Gasteiger partial charge in [-0.3, -0.25) is 9.78 Å². The van der Waals surface area contributed by atoms with Gasteiger partial charge in [0.1, 0.15) is 0 Å². The second kappa shape index (κ2) is 4.57. The third-order valence-electron chi connectivity index (χ3n) is 1.96. The predicted octanol–water partition coefficient (Wildman–Crippen LogP) is 0.528. The number of carboxylic acids is 1. The topological polar surface area (TPSA) is 102 Å². The van der Waals surface area contributed by atoms with Gasteiger partial charge in [0.15, 0.2) is 0 Å². The molecule has 1 rings (SSSR count). The molecule has 0 saturated carbocycles. The summed E-state index contributed by atoms with van der Waals surface area (Å²) in [6.45, 7) is 0. The Morgan fingerprint density at radius 1 is 1.64 bits per heavy atom. The average Bonchev–Trinajstić information content (AvgIpc) is 2.15. The van der Waals surface area contributed by atoms with Crippen molar-refractivity contribution in [3.63, 3.8) is 0 Å². The number of hydrogen-bond acceptors (Lipinski definition) is 4. The highest BCUT2D eigenvalue weighted by molar-refractivity contribution is 5.66. The Balaban J connectivity index is 2.65. The van der Waals surface area contributed by atoms with Gasteiger partial charge in [0.2, 0.25) is 0 Å². The summed E-state index contributed by atoms with van der Waals surface area (Å²) in [6.07, 6.45) is 3.52. The van der Waals surface area contributed by atoms with Crippen LogP contribution >= 0.6 is 0 Å². The van der Waals surface area contributed by atoms with Gasteiger partial charge in [-0.1, -0.05) is 0 Å². The average molecular weight is 195 g/mol. The highest BCUT2D eigenvalue weighted by atomic mass is 16.4. The summed E-state index contributed by atoms with van der Waals surface area (Å²) in [7, 11) is 0. The molecule has 0 fully saturated rings. The van der Waals surface area contributed by atoms with Crippen LogP contribution in [0.4, 0.5) is 5.69 Å². The van der Waals surface area contributed by atoms with E-state index >= 15 is 0 Å². The molecule has 0 saturated heterocycles. The fourth-order valence-corrected chi connectivity index (χ4v) is 1.19. The van der Waals surface area contributed by atoms with E-state index in [1.54, 1.807) is 12.3 Å². The fourth-order valence-electron chi connectivity index (χ4n) is 1.19. The maximum atomic E-state index is 10.3. The predicted molar refractivity (Wildman–Crippen MR) is 52.4 cm³/mol. The van der Waals surface area contributed by atoms with Crippen LogP contribution < -0.4 is 11.5 Å². The van der Waals surface area contributed by atoms with Gasteiger partial charge in [-0.25, -0.2) is 0 Å². The van der Waals surface area contributed by atoms with E-state index < -0.39 is 5.97 Å². The first-order chi connectivity index (χ1) is 6.61. The molecule has 76 valence electrons. The molecule has 0 aliphatic heterocycles. The Morgan fingerprint density at radius 2 is 2.36 bits per heavy atom. The molecule has 1 aromatic heterocycles. The molecule has 0 aliphatic carbocycles. The Labute approximate surface area is 81.7 Å². The van der Waals surface area contributed by atoms with Crippen molar-refractivity contribution in [2.24, 2.45) is 5.73 Å². The van der Waals surface area contributed by atoms with Crippen LogP contribution in [0.5, 0.6) is 0 Å². The lowest BCUT2D eigenvalue weighted by atomic mass is 10.0. The van der Waals surface area contributed by atoms with Crippen LogP contribution in [0.1, 0.15) is 24.4 Å². The highest BCUT2D eigenvalue weighted by Gasteiger charge is 2.10. The summed E-state index contributed by atoms with van der Waals surface area (Å²) in [5.74, 6) is -0.854. The molecule has 1 aromatic rings. The van der Waals surface area contributed by atoms with Gasteiger partial charge in [0.05, 0.1) is 11.9 Å². The number of aliphatic carboxylic acids is 1. The lowest BCUT2D eigenvalue weighted by Crippen LogP contribution is -2.14. The van der Waals surface area contributed by atoms with Gasteiger partial charge >= 0.3 is 5.97 Å². The Hall–Kier alpha value is -1.62. The molecule has 14 heavy (non-hydrogen) atoms.